The van der Waals surface area contributed by atoms with Gasteiger partial charge in [-0.1, -0.05) is 12.1 Å². The SMILES string of the molecule is CS(=O)(=O)Nc1ccc2c(c1)S(=O)(=O)C=C(c1c(O)c3ccsc3n(Cc3ccc(F)cc3)c1=O)N2. The number of rotatable bonds is 5. The van der Waals surface area contributed by atoms with Crippen LogP contribution in [0.25, 0.3) is 15.9 Å². The lowest BCUT2D eigenvalue weighted by molar-refractivity contribution is 0.477. The Balaban J connectivity index is 1.65. The lowest BCUT2D eigenvalue weighted by Gasteiger charge is -2.22. The average Bonchev–Trinajstić information content (AvgIpc) is 3.27. The number of sulfonamides is 1. The number of nitrogens with zero attached hydrogens (tertiary/aromatic N) is 1. The van der Waals surface area contributed by atoms with Gasteiger partial charge >= 0.3 is 0 Å². The van der Waals surface area contributed by atoms with Crippen molar-refractivity contribution >= 4 is 58.5 Å². The van der Waals surface area contributed by atoms with E-state index in [1.807, 2.05) is 0 Å². The fraction of sp³-hybridized carbons (Fsp3) is 0.0870. The molecule has 0 fully saturated rings. The van der Waals surface area contributed by atoms with E-state index in [9.17, 15) is 31.1 Å². The first-order valence-electron chi connectivity index (χ1n) is 10.4. The number of pyridine rings is 1. The van der Waals surface area contributed by atoms with Crippen LogP contribution < -0.4 is 15.6 Å². The van der Waals surface area contributed by atoms with Crippen LogP contribution >= 0.6 is 11.3 Å². The van der Waals surface area contributed by atoms with Crippen molar-refractivity contribution in [1.29, 1.82) is 0 Å². The summed E-state index contributed by atoms with van der Waals surface area (Å²) in [5.41, 5.74) is -0.201. The number of fused-ring (bicyclic) bond motifs is 2. The van der Waals surface area contributed by atoms with E-state index in [0.29, 0.717) is 15.8 Å². The summed E-state index contributed by atoms with van der Waals surface area (Å²) in [6.45, 7) is 0.0700. The molecule has 0 saturated heterocycles. The molecule has 13 heteroatoms. The van der Waals surface area contributed by atoms with Gasteiger partial charge < -0.3 is 10.4 Å². The van der Waals surface area contributed by atoms with E-state index in [0.717, 1.165) is 11.7 Å². The summed E-state index contributed by atoms with van der Waals surface area (Å²) in [5, 5.41) is 16.7. The van der Waals surface area contributed by atoms with E-state index in [4.69, 9.17) is 0 Å². The standard InChI is InChI=1S/C23H18FN3O6S3/c1-35(30,31)26-15-6-7-17-19(10-15)36(32,33)12-18(25-17)20-21(28)16-8-9-34-23(16)27(22(20)29)11-13-2-4-14(24)5-3-13/h2-10,12,25-26,28H,11H2,1H3. The number of benzene rings is 2. The fourth-order valence-corrected chi connectivity index (χ4v) is 6.75. The fourth-order valence-electron chi connectivity index (χ4n) is 3.97. The number of aromatic nitrogens is 1. The number of aromatic hydroxyl groups is 1. The molecule has 2 aromatic carbocycles. The summed E-state index contributed by atoms with van der Waals surface area (Å²) in [7, 11) is -7.76. The molecule has 0 atom stereocenters. The van der Waals surface area contributed by atoms with Gasteiger partial charge in [0.2, 0.25) is 19.9 Å². The number of nitrogens with one attached hydrogen (secondary N) is 2. The van der Waals surface area contributed by atoms with E-state index >= 15 is 0 Å². The van der Waals surface area contributed by atoms with Gasteiger partial charge in [0, 0.05) is 5.69 Å². The molecular weight excluding hydrogens is 529 g/mol. The molecule has 0 spiro atoms. The molecule has 0 saturated carbocycles. The zero-order chi connectivity index (χ0) is 25.8. The molecule has 186 valence electrons. The lowest BCUT2D eigenvalue weighted by atomic mass is 10.1. The van der Waals surface area contributed by atoms with Gasteiger partial charge in [-0.15, -0.1) is 11.3 Å². The highest BCUT2D eigenvalue weighted by molar-refractivity contribution is 7.94. The van der Waals surface area contributed by atoms with Crippen molar-refractivity contribution in [3.05, 3.63) is 86.6 Å². The minimum atomic E-state index is -4.13. The van der Waals surface area contributed by atoms with Crippen molar-refractivity contribution in [3.8, 4) is 5.75 Å². The van der Waals surface area contributed by atoms with Gasteiger partial charge in [0.1, 0.15) is 22.0 Å². The van der Waals surface area contributed by atoms with Crippen LogP contribution in [0.3, 0.4) is 0 Å². The zero-order valence-electron chi connectivity index (χ0n) is 18.5. The van der Waals surface area contributed by atoms with Crippen LogP contribution in [0.2, 0.25) is 0 Å². The van der Waals surface area contributed by atoms with Crippen molar-refractivity contribution in [2.24, 2.45) is 0 Å². The highest BCUT2D eigenvalue weighted by Crippen LogP contribution is 2.39. The third kappa shape index (κ3) is 4.36. The minimum Gasteiger partial charge on any atom is -0.506 e. The van der Waals surface area contributed by atoms with Gasteiger partial charge in [-0.3, -0.25) is 14.1 Å². The molecule has 9 nitrogen and oxygen atoms in total. The van der Waals surface area contributed by atoms with Crippen LogP contribution in [0, 0.1) is 5.82 Å². The van der Waals surface area contributed by atoms with Crippen molar-refractivity contribution < 1.29 is 26.3 Å². The van der Waals surface area contributed by atoms with Crippen molar-refractivity contribution in [3.63, 3.8) is 0 Å². The maximum Gasteiger partial charge on any atom is 0.265 e. The minimum absolute atomic E-state index is 0.0580. The maximum absolute atomic E-state index is 13.6. The Kier molecular flexibility index (Phi) is 5.65. The molecule has 0 radical (unpaired) electrons. The lowest BCUT2D eigenvalue weighted by Crippen LogP contribution is -2.26. The number of hydrogen-bond donors (Lipinski definition) is 3. The normalized spacial score (nSPS) is 14.7. The molecule has 1 aliphatic rings. The number of anilines is 2. The second-order valence-electron chi connectivity index (χ2n) is 8.17. The average molecular weight is 548 g/mol. The summed E-state index contributed by atoms with van der Waals surface area (Å²) >= 11 is 1.23. The predicted octanol–water partition coefficient (Wildman–Crippen LogP) is 3.53. The summed E-state index contributed by atoms with van der Waals surface area (Å²) in [6, 6.07) is 11.1. The van der Waals surface area contributed by atoms with Crippen molar-refractivity contribution in [1.82, 2.24) is 4.57 Å². The van der Waals surface area contributed by atoms with Gasteiger partial charge in [0.05, 0.1) is 39.9 Å². The Morgan fingerprint density at radius 1 is 1.14 bits per heavy atom. The van der Waals surface area contributed by atoms with Crippen molar-refractivity contribution in [2.45, 2.75) is 11.4 Å². The van der Waals surface area contributed by atoms with E-state index in [1.165, 1.54) is 58.4 Å². The number of thiophene rings is 1. The van der Waals surface area contributed by atoms with Crippen LogP contribution in [0.1, 0.15) is 11.1 Å². The Morgan fingerprint density at radius 2 is 1.86 bits per heavy atom. The van der Waals surface area contributed by atoms with Gasteiger partial charge in [-0.05, 0) is 47.3 Å². The molecular formula is C23H18FN3O6S3. The van der Waals surface area contributed by atoms with Gasteiger partial charge in [-0.2, -0.15) is 0 Å². The van der Waals surface area contributed by atoms with Crippen LogP contribution in [0.15, 0.2) is 69.0 Å². The molecule has 0 aliphatic carbocycles. The first-order chi connectivity index (χ1) is 16.9. The second kappa shape index (κ2) is 8.47. The number of hydrogen-bond acceptors (Lipinski definition) is 8. The van der Waals surface area contributed by atoms with Crippen LogP contribution in [0.5, 0.6) is 5.75 Å². The van der Waals surface area contributed by atoms with Gasteiger partial charge in [-0.25, -0.2) is 21.2 Å². The highest BCUT2D eigenvalue weighted by atomic mass is 32.2. The predicted molar refractivity (Wildman–Crippen MR) is 137 cm³/mol. The molecule has 3 N–H and O–H groups in total. The van der Waals surface area contributed by atoms with Crippen LogP contribution in [-0.4, -0.2) is 32.8 Å². The molecule has 0 bridgehead atoms. The van der Waals surface area contributed by atoms with E-state index in [2.05, 4.69) is 10.0 Å². The molecule has 2 aromatic heterocycles. The quantitative estimate of drug-likeness (QED) is 0.348. The second-order valence-corrected chi connectivity index (χ2v) is 12.6. The summed E-state index contributed by atoms with van der Waals surface area (Å²) in [5.74, 6) is -0.798. The molecule has 3 heterocycles. The molecule has 4 aromatic rings. The smallest absolute Gasteiger partial charge is 0.265 e. The Hall–Kier alpha value is -3.68. The van der Waals surface area contributed by atoms with E-state index < -0.39 is 31.2 Å². The molecule has 0 amide bonds. The Morgan fingerprint density at radius 3 is 2.56 bits per heavy atom. The van der Waals surface area contributed by atoms with E-state index in [1.54, 1.807) is 11.4 Å². The summed E-state index contributed by atoms with van der Waals surface area (Å²) in [4.78, 5) is 13.9. The third-order valence-electron chi connectivity index (χ3n) is 5.50. The first kappa shape index (κ1) is 24.0. The molecule has 1 aliphatic heterocycles. The first-order valence-corrected chi connectivity index (χ1v) is 14.7. The zero-order valence-corrected chi connectivity index (χ0v) is 21.0. The van der Waals surface area contributed by atoms with E-state index in [-0.39, 0.29) is 39.8 Å². The topological polar surface area (TPSA) is 135 Å². The van der Waals surface area contributed by atoms with Crippen LogP contribution in [0.4, 0.5) is 15.8 Å². The third-order valence-corrected chi connectivity index (χ3v) is 8.54. The van der Waals surface area contributed by atoms with Crippen molar-refractivity contribution in [2.75, 3.05) is 16.3 Å². The Labute approximate surface area is 209 Å². The monoisotopic (exact) mass is 547 g/mol. The molecule has 5 rings (SSSR count). The number of halogens is 1. The Bertz CT molecular complexity index is 1840. The van der Waals surface area contributed by atoms with Gasteiger partial charge in [0.15, 0.2) is 0 Å². The van der Waals surface area contributed by atoms with Gasteiger partial charge in [0.25, 0.3) is 5.56 Å². The number of sulfone groups is 1. The maximum atomic E-state index is 13.6. The highest BCUT2D eigenvalue weighted by Gasteiger charge is 2.29. The summed E-state index contributed by atoms with van der Waals surface area (Å²) in [6.07, 6.45) is 0.942. The molecule has 36 heavy (non-hydrogen) atoms. The van der Waals surface area contributed by atoms with Crippen LogP contribution in [-0.2, 0) is 26.4 Å². The molecule has 0 unspecified atom stereocenters. The summed E-state index contributed by atoms with van der Waals surface area (Å²) < 4.78 is 66.3. The largest absolute Gasteiger partial charge is 0.506 e.